The summed E-state index contributed by atoms with van der Waals surface area (Å²) in [4.78, 5) is 6.69. The van der Waals surface area contributed by atoms with Gasteiger partial charge >= 0.3 is 0 Å². The van der Waals surface area contributed by atoms with Crippen molar-refractivity contribution < 1.29 is 12.9 Å². The minimum absolute atomic E-state index is 0.0979. The van der Waals surface area contributed by atoms with Crippen LogP contribution in [0.3, 0.4) is 0 Å². The van der Waals surface area contributed by atoms with E-state index in [1.165, 1.54) is 11.3 Å². The van der Waals surface area contributed by atoms with E-state index in [-0.39, 0.29) is 5.41 Å². The van der Waals surface area contributed by atoms with Gasteiger partial charge in [-0.2, -0.15) is 0 Å². The lowest BCUT2D eigenvalue weighted by molar-refractivity contribution is 0.131. The van der Waals surface area contributed by atoms with E-state index >= 15 is 0 Å². The zero-order valence-corrected chi connectivity index (χ0v) is 17.4. The summed E-state index contributed by atoms with van der Waals surface area (Å²) in [6, 6.07) is 3.42. The lowest BCUT2D eigenvalue weighted by Crippen LogP contribution is -2.47. The van der Waals surface area contributed by atoms with Crippen molar-refractivity contribution in [2.75, 3.05) is 46.3 Å². The molecule has 2 aliphatic rings. The van der Waals surface area contributed by atoms with Crippen LogP contribution in [0.15, 0.2) is 27.7 Å². The van der Waals surface area contributed by atoms with Crippen molar-refractivity contribution in [3.63, 3.8) is 0 Å². The second-order valence-corrected chi connectivity index (χ2v) is 10.8. The quantitative estimate of drug-likeness (QED) is 0.752. The Balaban J connectivity index is 1.40. The number of likely N-dealkylation sites (N-methyl/N-ethyl adjacent to an activating group) is 1. The van der Waals surface area contributed by atoms with Crippen molar-refractivity contribution in [2.45, 2.75) is 24.7 Å². The lowest BCUT2D eigenvalue weighted by atomic mass is 10.1. The van der Waals surface area contributed by atoms with E-state index < -0.39 is 10.0 Å². The van der Waals surface area contributed by atoms with Gasteiger partial charge in [0.2, 0.25) is 10.0 Å². The molecule has 27 heavy (non-hydrogen) atoms. The third kappa shape index (κ3) is 4.27. The zero-order chi connectivity index (χ0) is 19.1. The van der Waals surface area contributed by atoms with E-state index in [4.69, 9.17) is 4.52 Å². The van der Waals surface area contributed by atoms with Crippen LogP contribution in [-0.2, 0) is 10.0 Å². The molecule has 3 heterocycles. The van der Waals surface area contributed by atoms with Gasteiger partial charge < -0.3 is 14.3 Å². The number of rotatable bonds is 7. The standard InChI is InChI=1S/C18H26N4O3S2/c1-14-17(11-16(26-14)15-3-6-19-25-15)27(23,24)20-12-18(4-5-18)13-22-9-7-21(2)8-10-22/h3,6,11,20H,4-5,7-10,12-13H2,1-2H3. The summed E-state index contributed by atoms with van der Waals surface area (Å²) < 4.78 is 33.8. The Hall–Kier alpha value is -1.26. The van der Waals surface area contributed by atoms with Crippen LogP contribution in [0.1, 0.15) is 17.7 Å². The molecule has 1 N–H and O–H groups in total. The van der Waals surface area contributed by atoms with Gasteiger partial charge in [-0.25, -0.2) is 13.1 Å². The number of aromatic nitrogens is 1. The topological polar surface area (TPSA) is 78.7 Å². The maximum atomic E-state index is 12.9. The molecule has 0 radical (unpaired) electrons. The van der Waals surface area contributed by atoms with Crippen molar-refractivity contribution in [1.82, 2.24) is 19.7 Å². The summed E-state index contributed by atoms with van der Waals surface area (Å²) in [6.07, 6.45) is 3.74. The molecule has 4 rings (SSSR count). The van der Waals surface area contributed by atoms with Gasteiger partial charge in [-0.3, -0.25) is 0 Å². The third-order valence-electron chi connectivity index (χ3n) is 5.59. The molecule has 0 unspecified atom stereocenters. The molecule has 0 bridgehead atoms. The largest absolute Gasteiger partial charge is 0.355 e. The zero-order valence-electron chi connectivity index (χ0n) is 15.8. The van der Waals surface area contributed by atoms with Crippen LogP contribution >= 0.6 is 11.3 Å². The normalized spacial score (nSPS) is 20.8. The molecule has 148 valence electrons. The second-order valence-electron chi connectivity index (χ2n) is 7.81. The fourth-order valence-electron chi connectivity index (χ4n) is 3.57. The molecule has 0 atom stereocenters. The number of hydrogen-bond acceptors (Lipinski definition) is 7. The van der Waals surface area contributed by atoms with Gasteiger partial charge in [-0.15, -0.1) is 11.3 Å². The molecule has 1 aliphatic carbocycles. The first-order valence-corrected chi connectivity index (χ1v) is 11.6. The minimum Gasteiger partial charge on any atom is -0.355 e. The SMILES string of the molecule is Cc1sc(-c2ccno2)cc1S(=O)(=O)NCC1(CN2CCN(C)CC2)CC1. The molecule has 9 heteroatoms. The Labute approximate surface area is 164 Å². The Morgan fingerprint density at radius 1 is 1.30 bits per heavy atom. The first kappa shape index (κ1) is 19.1. The van der Waals surface area contributed by atoms with Gasteiger partial charge in [0, 0.05) is 50.2 Å². The Morgan fingerprint density at radius 3 is 2.67 bits per heavy atom. The highest BCUT2D eigenvalue weighted by molar-refractivity contribution is 7.89. The molecule has 1 saturated carbocycles. The average molecular weight is 411 g/mol. The van der Waals surface area contributed by atoms with Crippen LogP contribution in [0.2, 0.25) is 0 Å². The Morgan fingerprint density at radius 2 is 2.04 bits per heavy atom. The van der Waals surface area contributed by atoms with Crippen molar-refractivity contribution >= 4 is 21.4 Å². The molecule has 2 fully saturated rings. The molecule has 2 aromatic heterocycles. The Bertz CT molecular complexity index is 880. The van der Waals surface area contributed by atoms with Crippen molar-refractivity contribution in [1.29, 1.82) is 0 Å². The highest BCUT2D eigenvalue weighted by Crippen LogP contribution is 2.46. The molecule has 1 saturated heterocycles. The summed E-state index contributed by atoms with van der Waals surface area (Å²) in [5.74, 6) is 0.596. The first-order chi connectivity index (χ1) is 12.9. The van der Waals surface area contributed by atoms with Crippen LogP contribution < -0.4 is 4.72 Å². The van der Waals surface area contributed by atoms with E-state index in [0.717, 1.165) is 55.3 Å². The number of thiophene rings is 1. The molecule has 1 aliphatic heterocycles. The molecular weight excluding hydrogens is 384 g/mol. The fraction of sp³-hybridized carbons (Fsp3) is 0.611. The number of nitrogens with one attached hydrogen (secondary N) is 1. The van der Waals surface area contributed by atoms with Gasteiger partial charge in [0.25, 0.3) is 0 Å². The smallest absolute Gasteiger partial charge is 0.241 e. The van der Waals surface area contributed by atoms with Crippen LogP contribution in [0, 0.1) is 12.3 Å². The Kier molecular flexibility index (Phi) is 5.15. The number of nitrogens with zero attached hydrogens (tertiary/aromatic N) is 3. The minimum atomic E-state index is -3.53. The summed E-state index contributed by atoms with van der Waals surface area (Å²) >= 11 is 1.41. The number of aryl methyl sites for hydroxylation is 1. The summed E-state index contributed by atoms with van der Waals surface area (Å²) in [5.41, 5.74) is 0.0979. The first-order valence-electron chi connectivity index (χ1n) is 9.29. The molecular formula is C18H26N4O3S2. The van der Waals surface area contributed by atoms with E-state index in [1.54, 1.807) is 18.3 Å². The van der Waals surface area contributed by atoms with Crippen LogP contribution in [-0.4, -0.2) is 69.7 Å². The van der Waals surface area contributed by atoms with Gasteiger partial charge in [-0.1, -0.05) is 5.16 Å². The number of hydrogen-bond donors (Lipinski definition) is 1. The number of piperazine rings is 1. The highest BCUT2D eigenvalue weighted by atomic mass is 32.2. The second kappa shape index (κ2) is 7.29. The van der Waals surface area contributed by atoms with Gasteiger partial charge in [0.15, 0.2) is 5.76 Å². The predicted molar refractivity (Wildman–Crippen MR) is 105 cm³/mol. The van der Waals surface area contributed by atoms with Crippen LogP contribution in [0.25, 0.3) is 10.6 Å². The van der Waals surface area contributed by atoms with Crippen molar-refractivity contribution in [3.8, 4) is 10.6 Å². The van der Waals surface area contributed by atoms with Crippen LogP contribution in [0.5, 0.6) is 0 Å². The summed E-state index contributed by atoms with van der Waals surface area (Å²) in [5, 5.41) is 3.70. The fourth-order valence-corrected chi connectivity index (χ4v) is 6.27. The molecule has 2 aromatic rings. The van der Waals surface area contributed by atoms with E-state index in [2.05, 4.69) is 26.7 Å². The van der Waals surface area contributed by atoms with Gasteiger partial charge in [0.05, 0.1) is 16.0 Å². The number of sulfonamides is 1. The average Bonchev–Trinajstić information content (AvgIpc) is 3.03. The summed E-state index contributed by atoms with van der Waals surface area (Å²) in [7, 11) is -1.38. The lowest BCUT2D eigenvalue weighted by Gasteiger charge is -2.34. The van der Waals surface area contributed by atoms with Crippen molar-refractivity contribution in [3.05, 3.63) is 23.2 Å². The molecule has 0 spiro atoms. The van der Waals surface area contributed by atoms with Gasteiger partial charge in [-0.05, 0) is 38.3 Å². The summed E-state index contributed by atoms with van der Waals surface area (Å²) in [6.45, 7) is 7.62. The molecule has 0 amide bonds. The maximum Gasteiger partial charge on any atom is 0.241 e. The van der Waals surface area contributed by atoms with Crippen LogP contribution in [0.4, 0.5) is 0 Å². The molecule has 7 nitrogen and oxygen atoms in total. The van der Waals surface area contributed by atoms with Crippen molar-refractivity contribution in [2.24, 2.45) is 5.41 Å². The van der Waals surface area contributed by atoms with E-state index in [1.807, 2.05) is 6.92 Å². The van der Waals surface area contributed by atoms with Gasteiger partial charge in [0.1, 0.15) is 0 Å². The third-order valence-corrected chi connectivity index (χ3v) is 8.31. The predicted octanol–water partition coefficient (Wildman–Crippen LogP) is 2.02. The molecule has 0 aromatic carbocycles. The highest BCUT2D eigenvalue weighted by Gasteiger charge is 2.44. The van der Waals surface area contributed by atoms with E-state index in [9.17, 15) is 8.42 Å². The monoisotopic (exact) mass is 410 g/mol. The maximum absolute atomic E-state index is 12.9. The van der Waals surface area contributed by atoms with E-state index in [0.29, 0.717) is 17.2 Å².